The number of methoxy groups -OCH3 is 1. The second-order valence-corrected chi connectivity index (χ2v) is 6.81. The van der Waals surface area contributed by atoms with Crippen molar-refractivity contribution in [2.75, 3.05) is 7.11 Å². The summed E-state index contributed by atoms with van der Waals surface area (Å²) in [6.07, 6.45) is 2.56. The fourth-order valence-electron chi connectivity index (χ4n) is 2.96. The van der Waals surface area contributed by atoms with Gasteiger partial charge in [0.15, 0.2) is 5.78 Å². The molecule has 1 aliphatic rings. The molecule has 0 aromatic heterocycles. The van der Waals surface area contributed by atoms with Gasteiger partial charge in [-0.1, -0.05) is 36.4 Å². The van der Waals surface area contributed by atoms with Gasteiger partial charge in [-0.3, -0.25) is 4.79 Å². The lowest BCUT2D eigenvalue weighted by Crippen LogP contribution is -2.46. The molecule has 0 amide bonds. The Hall–Kier alpha value is -2.79. The van der Waals surface area contributed by atoms with Crippen LogP contribution in [0, 0.1) is 0 Å². The Morgan fingerprint density at radius 3 is 2.65 bits per heavy atom. The van der Waals surface area contributed by atoms with Crippen molar-refractivity contribution in [3.8, 4) is 17.2 Å². The maximum Gasteiger partial charge on any atom is 0.193 e. The number of phenols is 1. The summed E-state index contributed by atoms with van der Waals surface area (Å²) in [5, 5.41) is 20.5. The third-order valence-corrected chi connectivity index (χ3v) is 4.58. The molecule has 2 aromatic rings. The quantitative estimate of drug-likeness (QED) is 0.650. The molecule has 0 saturated heterocycles. The molecule has 0 fully saturated rings. The van der Waals surface area contributed by atoms with Gasteiger partial charge in [0, 0.05) is 18.1 Å². The molecule has 1 atom stereocenters. The fraction of sp³-hybridized carbons (Fsp3) is 0.286. The number of aliphatic hydroxyl groups is 1. The number of ether oxygens (including phenoxy) is 2. The van der Waals surface area contributed by atoms with Gasteiger partial charge in [0.1, 0.15) is 28.4 Å². The van der Waals surface area contributed by atoms with Gasteiger partial charge in [-0.25, -0.2) is 0 Å². The van der Waals surface area contributed by atoms with E-state index < -0.39 is 11.7 Å². The first kappa shape index (κ1) is 18.0. The summed E-state index contributed by atoms with van der Waals surface area (Å²) in [4.78, 5) is 12.9. The number of hydrogen-bond acceptors (Lipinski definition) is 5. The van der Waals surface area contributed by atoms with E-state index >= 15 is 0 Å². The third kappa shape index (κ3) is 3.30. The summed E-state index contributed by atoms with van der Waals surface area (Å²) < 4.78 is 11.2. The van der Waals surface area contributed by atoms with Crippen LogP contribution in [0.4, 0.5) is 0 Å². The van der Waals surface area contributed by atoms with Gasteiger partial charge < -0.3 is 19.7 Å². The average Bonchev–Trinajstić information content (AvgIpc) is 2.61. The molecular weight excluding hydrogens is 332 g/mol. The predicted octanol–water partition coefficient (Wildman–Crippen LogP) is 3.37. The maximum absolute atomic E-state index is 12.9. The van der Waals surface area contributed by atoms with Crippen molar-refractivity contribution in [3.05, 3.63) is 59.2 Å². The summed E-state index contributed by atoms with van der Waals surface area (Å²) in [6, 6.07) is 10.9. The smallest absolute Gasteiger partial charge is 0.193 e. The van der Waals surface area contributed by atoms with E-state index in [4.69, 9.17) is 9.47 Å². The highest BCUT2D eigenvalue weighted by Crippen LogP contribution is 2.45. The van der Waals surface area contributed by atoms with E-state index in [9.17, 15) is 15.0 Å². The van der Waals surface area contributed by atoms with Crippen LogP contribution in [0.15, 0.2) is 42.5 Å². The van der Waals surface area contributed by atoms with E-state index in [1.165, 1.54) is 19.3 Å². The number of rotatable bonds is 4. The minimum Gasteiger partial charge on any atom is -0.507 e. The van der Waals surface area contributed by atoms with Crippen LogP contribution in [0.1, 0.15) is 35.3 Å². The molecular formula is C21H22O5. The third-order valence-electron chi connectivity index (χ3n) is 4.58. The largest absolute Gasteiger partial charge is 0.507 e. The Balaban J connectivity index is 2.07. The molecule has 1 unspecified atom stereocenters. The Labute approximate surface area is 152 Å². The number of allylic oxidation sites excluding steroid dienone is 1. The Bertz CT molecular complexity index is 852. The number of phenolic OH excluding ortho intramolecular Hbond substituents is 1. The van der Waals surface area contributed by atoms with Crippen LogP contribution in [0.2, 0.25) is 0 Å². The molecule has 0 spiro atoms. The van der Waals surface area contributed by atoms with Gasteiger partial charge in [-0.2, -0.15) is 0 Å². The molecule has 0 aliphatic carbocycles. The summed E-state index contributed by atoms with van der Waals surface area (Å²) in [6.45, 7) is 3.48. The molecule has 1 heterocycles. The van der Waals surface area contributed by atoms with Crippen LogP contribution in [0.3, 0.4) is 0 Å². The van der Waals surface area contributed by atoms with Gasteiger partial charge in [-0.05, 0) is 25.5 Å². The molecule has 5 heteroatoms. The van der Waals surface area contributed by atoms with E-state index in [0.29, 0.717) is 5.56 Å². The van der Waals surface area contributed by atoms with E-state index in [0.717, 1.165) is 5.56 Å². The predicted molar refractivity (Wildman–Crippen MR) is 98.9 cm³/mol. The summed E-state index contributed by atoms with van der Waals surface area (Å²) >= 11 is 0. The van der Waals surface area contributed by atoms with E-state index in [2.05, 4.69) is 0 Å². The molecule has 0 radical (unpaired) electrons. The normalized spacial score (nSPS) is 18.2. The van der Waals surface area contributed by atoms with E-state index in [-0.39, 0.29) is 35.0 Å². The molecule has 2 N–H and O–H groups in total. The zero-order valence-electron chi connectivity index (χ0n) is 15.0. The molecule has 26 heavy (non-hydrogen) atoms. The first-order valence-electron chi connectivity index (χ1n) is 8.41. The monoisotopic (exact) mass is 354 g/mol. The van der Waals surface area contributed by atoms with Crippen LogP contribution >= 0.6 is 0 Å². The van der Waals surface area contributed by atoms with Gasteiger partial charge in [0.2, 0.25) is 0 Å². The van der Waals surface area contributed by atoms with Gasteiger partial charge >= 0.3 is 0 Å². The zero-order valence-corrected chi connectivity index (χ0v) is 15.0. The molecule has 0 bridgehead atoms. The topological polar surface area (TPSA) is 76.0 Å². The minimum absolute atomic E-state index is 0.0602. The first-order chi connectivity index (χ1) is 12.3. The summed E-state index contributed by atoms with van der Waals surface area (Å²) in [5.41, 5.74) is 0.662. The number of aliphatic hydroxyl groups excluding tert-OH is 1. The molecule has 136 valence electrons. The number of hydrogen-bond donors (Lipinski definition) is 2. The van der Waals surface area contributed by atoms with Gasteiger partial charge in [0.05, 0.1) is 13.2 Å². The fourth-order valence-corrected chi connectivity index (χ4v) is 2.96. The van der Waals surface area contributed by atoms with Crippen molar-refractivity contribution in [2.45, 2.75) is 32.0 Å². The molecule has 1 aliphatic heterocycles. The van der Waals surface area contributed by atoms with E-state index in [1.54, 1.807) is 19.9 Å². The van der Waals surface area contributed by atoms with Crippen LogP contribution in [0.5, 0.6) is 17.2 Å². The molecule has 3 rings (SSSR count). The summed E-state index contributed by atoms with van der Waals surface area (Å²) in [5.74, 6) is 0.139. The van der Waals surface area contributed by atoms with Crippen molar-refractivity contribution in [2.24, 2.45) is 0 Å². The number of benzene rings is 2. The van der Waals surface area contributed by atoms with Gasteiger partial charge in [-0.15, -0.1) is 0 Å². The average molecular weight is 354 g/mol. The lowest BCUT2D eigenvalue weighted by molar-refractivity contribution is -0.0421. The zero-order chi connectivity index (χ0) is 18.9. The Morgan fingerprint density at radius 2 is 2.00 bits per heavy atom. The number of ketones is 1. The van der Waals surface area contributed by atoms with Crippen molar-refractivity contribution in [1.29, 1.82) is 0 Å². The van der Waals surface area contributed by atoms with Crippen LogP contribution in [0.25, 0.3) is 6.08 Å². The van der Waals surface area contributed by atoms with Crippen molar-refractivity contribution in [1.82, 2.24) is 0 Å². The number of carbonyl (C=O) groups is 1. The summed E-state index contributed by atoms with van der Waals surface area (Å²) in [7, 11) is 1.43. The highest BCUT2D eigenvalue weighted by atomic mass is 16.5. The molecule has 5 nitrogen and oxygen atoms in total. The molecule has 2 aromatic carbocycles. The maximum atomic E-state index is 12.9. The van der Waals surface area contributed by atoms with E-state index in [1.807, 2.05) is 30.3 Å². The van der Waals surface area contributed by atoms with Crippen molar-refractivity contribution < 1.29 is 24.5 Å². The first-order valence-corrected chi connectivity index (χ1v) is 8.41. The SMILES string of the molecule is COc1cc(O)c2c(c1C(=O)/C=C/c1ccccc1)OC(C)(C)C(O)C2. The lowest BCUT2D eigenvalue weighted by atomic mass is 9.88. The Morgan fingerprint density at radius 1 is 1.31 bits per heavy atom. The highest BCUT2D eigenvalue weighted by molar-refractivity contribution is 6.11. The molecule has 0 saturated carbocycles. The minimum atomic E-state index is -0.885. The lowest BCUT2D eigenvalue weighted by Gasteiger charge is -2.38. The standard InChI is InChI=1S/C21H22O5/c1-21(2)18(24)11-14-16(23)12-17(25-3)19(20(14)26-21)15(22)10-9-13-7-5-4-6-8-13/h4-10,12,18,23-24H,11H2,1-3H3/b10-9+. The Kier molecular flexibility index (Phi) is 4.74. The number of fused-ring (bicyclic) bond motifs is 1. The second-order valence-electron chi connectivity index (χ2n) is 6.81. The van der Waals surface area contributed by atoms with Crippen molar-refractivity contribution >= 4 is 11.9 Å². The number of aromatic hydroxyl groups is 1. The van der Waals surface area contributed by atoms with Gasteiger partial charge in [0.25, 0.3) is 0 Å². The van der Waals surface area contributed by atoms with Crippen LogP contribution in [-0.4, -0.2) is 34.8 Å². The van der Waals surface area contributed by atoms with Crippen molar-refractivity contribution in [3.63, 3.8) is 0 Å². The second kappa shape index (κ2) is 6.84. The van der Waals surface area contributed by atoms with Crippen LogP contribution < -0.4 is 9.47 Å². The highest BCUT2D eigenvalue weighted by Gasteiger charge is 2.39. The van der Waals surface area contributed by atoms with Crippen LogP contribution in [-0.2, 0) is 6.42 Å². The number of carbonyl (C=O) groups excluding carboxylic acids is 1.